The fourth-order valence-corrected chi connectivity index (χ4v) is 8.48. The van der Waals surface area contributed by atoms with Gasteiger partial charge in [-0.05, 0) is 59.2 Å². The van der Waals surface area contributed by atoms with E-state index < -0.39 is 11.0 Å². The Hall–Kier alpha value is -3.00. The fraction of sp³-hybridized carbons (Fsp3) is 0.368. The summed E-state index contributed by atoms with van der Waals surface area (Å²) in [6, 6.07) is 30.4. The molecule has 4 aromatic carbocycles. The van der Waals surface area contributed by atoms with Crippen molar-refractivity contribution in [3.05, 3.63) is 129 Å². The quantitative estimate of drug-likeness (QED) is 0.177. The number of aliphatic hydroxyl groups is 1. The number of halogens is 1. The van der Waals surface area contributed by atoms with Gasteiger partial charge in [-0.15, -0.1) is 11.8 Å². The molecular weight excluding hydrogens is 604 g/mol. The van der Waals surface area contributed by atoms with Crippen LogP contribution in [0.25, 0.3) is 0 Å². The van der Waals surface area contributed by atoms with Crippen LogP contribution in [0.1, 0.15) is 53.6 Å². The summed E-state index contributed by atoms with van der Waals surface area (Å²) in [6.07, 6.45) is 1.14. The third-order valence-electron chi connectivity index (χ3n) is 9.02. The van der Waals surface area contributed by atoms with Crippen molar-refractivity contribution in [2.24, 2.45) is 5.92 Å². The summed E-state index contributed by atoms with van der Waals surface area (Å²) < 4.78 is 25.1. The summed E-state index contributed by atoms with van der Waals surface area (Å²) in [5.41, 5.74) is 5.89. The van der Waals surface area contributed by atoms with Crippen LogP contribution < -0.4 is 9.47 Å². The van der Waals surface area contributed by atoms with Gasteiger partial charge in [0.05, 0.1) is 38.1 Å². The van der Waals surface area contributed by atoms with Gasteiger partial charge in [0.25, 0.3) is 0 Å². The van der Waals surface area contributed by atoms with Gasteiger partial charge in [0, 0.05) is 22.8 Å². The van der Waals surface area contributed by atoms with Crippen molar-refractivity contribution in [3.63, 3.8) is 0 Å². The molecule has 1 unspecified atom stereocenters. The summed E-state index contributed by atoms with van der Waals surface area (Å²) in [4.78, 5) is -1.40. The van der Waals surface area contributed by atoms with E-state index in [4.69, 9.17) is 30.5 Å². The monoisotopic (exact) mass is 644 g/mol. The van der Waals surface area contributed by atoms with Crippen LogP contribution in [-0.2, 0) is 40.5 Å². The Balaban J connectivity index is 1.43. The van der Waals surface area contributed by atoms with Gasteiger partial charge in [0.15, 0.2) is 4.93 Å². The van der Waals surface area contributed by atoms with E-state index in [2.05, 4.69) is 32.0 Å². The van der Waals surface area contributed by atoms with Crippen LogP contribution >= 0.6 is 23.4 Å². The molecule has 1 N–H and O–H groups in total. The van der Waals surface area contributed by atoms with E-state index in [1.165, 1.54) is 0 Å². The fourth-order valence-electron chi connectivity index (χ4n) is 6.55. The normalized spacial score (nSPS) is 24.2. The first kappa shape index (κ1) is 32.0. The van der Waals surface area contributed by atoms with E-state index in [0.29, 0.717) is 43.4 Å². The van der Waals surface area contributed by atoms with Crippen molar-refractivity contribution < 1.29 is 24.1 Å². The van der Waals surface area contributed by atoms with E-state index in [0.717, 1.165) is 45.6 Å². The first-order valence-electron chi connectivity index (χ1n) is 15.7. The molecule has 2 heterocycles. The second kappa shape index (κ2) is 14.2. The average Bonchev–Trinajstić information content (AvgIpc) is 3.57. The summed E-state index contributed by atoms with van der Waals surface area (Å²) in [6.45, 7) is 5.71. The first-order valence-corrected chi connectivity index (χ1v) is 17.0. The molecule has 0 radical (unpaired) electrons. The van der Waals surface area contributed by atoms with E-state index >= 15 is 0 Å². The predicted molar refractivity (Wildman–Crippen MR) is 181 cm³/mol. The highest BCUT2D eigenvalue weighted by Gasteiger charge is 2.55. The largest absolute Gasteiger partial charge is 0.497 e. The van der Waals surface area contributed by atoms with Crippen molar-refractivity contribution in [1.29, 1.82) is 0 Å². The highest BCUT2D eigenvalue weighted by atomic mass is 35.5. The molecule has 5 atom stereocenters. The molecule has 0 spiro atoms. The number of methoxy groups -OCH3 is 1. The number of hydrogen-bond donors (Lipinski definition) is 1. The molecule has 5 nitrogen and oxygen atoms in total. The Kier molecular flexibility index (Phi) is 10.1. The number of hydrogen-bond acceptors (Lipinski definition) is 6. The van der Waals surface area contributed by atoms with Crippen molar-refractivity contribution >= 4 is 23.4 Å². The maximum absolute atomic E-state index is 13.1. The minimum atomic E-state index is -1.40. The zero-order chi connectivity index (χ0) is 31.4. The minimum absolute atomic E-state index is 0.139. The molecule has 2 aliphatic heterocycles. The first-order chi connectivity index (χ1) is 21.9. The molecule has 7 heteroatoms. The van der Waals surface area contributed by atoms with Crippen LogP contribution in [0, 0.1) is 5.92 Å². The van der Waals surface area contributed by atoms with Gasteiger partial charge in [-0.25, -0.2) is 0 Å². The van der Waals surface area contributed by atoms with Crippen molar-refractivity contribution in [2.45, 2.75) is 68.7 Å². The van der Waals surface area contributed by atoms with Crippen LogP contribution in [0.15, 0.2) is 91.0 Å². The lowest BCUT2D eigenvalue weighted by molar-refractivity contribution is -0.168. The molecule has 0 amide bonds. The van der Waals surface area contributed by atoms with Gasteiger partial charge in [-0.1, -0.05) is 98.2 Å². The van der Waals surface area contributed by atoms with Crippen molar-refractivity contribution in [2.75, 3.05) is 13.7 Å². The molecule has 0 saturated carbocycles. The number of thioether (sulfide) groups is 1. The number of ether oxygens (including phenoxy) is 4. The molecule has 4 aromatic rings. The summed E-state index contributed by atoms with van der Waals surface area (Å²) in [5.74, 6) is 1.61. The SMILES string of the molecule is CC[C@H]1SC(O)(c2cc(Cc3ccc(OC)cc3)c(Cl)c3c2CCO3)[C@H](OCc2ccccc2)[C@@H](OCc2ccccc2)[C@@H]1C. The third kappa shape index (κ3) is 6.77. The van der Waals surface area contributed by atoms with E-state index in [1.807, 2.05) is 72.8 Å². The highest BCUT2D eigenvalue weighted by molar-refractivity contribution is 8.00. The van der Waals surface area contributed by atoms with Crippen LogP contribution in [0.2, 0.25) is 5.02 Å². The van der Waals surface area contributed by atoms with Gasteiger partial charge in [0.1, 0.15) is 17.6 Å². The summed E-state index contributed by atoms with van der Waals surface area (Å²) in [5, 5.41) is 13.9. The van der Waals surface area contributed by atoms with Gasteiger partial charge < -0.3 is 24.1 Å². The van der Waals surface area contributed by atoms with Crippen LogP contribution in [0.3, 0.4) is 0 Å². The standard InChI is InChI=1S/C38H41ClO5S/c1-4-33-25(2)35(43-23-27-11-7-5-8-12-27)37(44-24-28-13-9-6-10-14-28)38(40,45-33)32-22-29(34(39)36-31(32)19-20-42-36)21-26-15-17-30(41-3)18-16-26/h5-18,22,25,33,35,37,40H,4,19-21,23-24H2,1-3H3/t25-,33-,35+,37-,38?/m1/s1. The van der Waals surface area contributed by atoms with Crippen molar-refractivity contribution in [3.8, 4) is 11.5 Å². The van der Waals surface area contributed by atoms with Crippen LogP contribution in [-0.4, -0.2) is 36.3 Å². The molecule has 1 saturated heterocycles. The van der Waals surface area contributed by atoms with Gasteiger partial charge in [0.2, 0.25) is 0 Å². The van der Waals surface area contributed by atoms with Crippen molar-refractivity contribution in [1.82, 2.24) is 0 Å². The smallest absolute Gasteiger partial charge is 0.165 e. The molecule has 236 valence electrons. The number of benzene rings is 4. The lowest BCUT2D eigenvalue weighted by Crippen LogP contribution is -2.57. The zero-order valence-corrected chi connectivity index (χ0v) is 27.7. The number of fused-ring (bicyclic) bond motifs is 1. The summed E-state index contributed by atoms with van der Waals surface area (Å²) in [7, 11) is 1.66. The number of rotatable bonds is 11. The average molecular weight is 645 g/mol. The highest BCUT2D eigenvalue weighted by Crippen LogP contribution is 2.55. The second-order valence-electron chi connectivity index (χ2n) is 11.9. The second-order valence-corrected chi connectivity index (χ2v) is 13.8. The molecule has 45 heavy (non-hydrogen) atoms. The van der Waals surface area contributed by atoms with Gasteiger partial charge in [-0.2, -0.15) is 0 Å². The molecule has 1 fully saturated rings. The zero-order valence-electron chi connectivity index (χ0n) is 26.1. The molecule has 0 aromatic heterocycles. The van der Waals surface area contributed by atoms with E-state index in [-0.39, 0.29) is 17.3 Å². The maximum Gasteiger partial charge on any atom is 0.165 e. The van der Waals surface area contributed by atoms with E-state index in [1.54, 1.807) is 18.9 Å². The minimum Gasteiger partial charge on any atom is -0.497 e. The Morgan fingerprint density at radius 3 is 2.18 bits per heavy atom. The molecule has 0 bridgehead atoms. The van der Waals surface area contributed by atoms with Gasteiger partial charge >= 0.3 is 0 Å². The molecule has 0 aliphatic carbocycles. The summed E-state index contributed by atoms with van der Waals surface area (Å²) >= 11 is 8.62. The third-order valence-corrected chi connectivity index (χ3v) is 11.3. The predicted octanol–water partition coefficient (Wildman–Crippen LogP) is 8.35. The van der Waals surface area contributed by atoms with Gasteiger partial charge in [-0.3, -0.25) is 0 Å². The molecule has 2 aliphatic rings. The maximum atomic E-state index is 13.1. The topological polar surface area (TPSA) is 57.2 Å². The van der Waals surface area contributed by atoms with Crippen LogP contribution in [0.4, 0.5) is 0 Å². The lowest BCUT2D eigenvalue weighted by atomic mass is 9.85. The molecule has 6 rings (SSSR count). The molecular formula is C38H41ClO5S. The van der Waals surface area contributed by atoms with Crippen LogP contribution in [0.5, 0.6) is 11.5 Å². The Morgan fingerprint density at radius 2 is 1.56 bits per heavy atom. The van der Waals surface area contributed by atoms with E-state index in [9.17, 15) is 5.11 Å². The Morgan fingerprint density at radius 1 is 0.911 bits per heavy atom. The Labute approximate surface area is 275 Å². The Bertz CT molecular complexity index is 1570. The lowest BCUT2D eigenvalue weighted by Gasteiger charge is -2.50.